The number of hydrogen-bond donors (Lipinski definition) is 3. The third-order valence-electron chi connectivity index (χ3n) is 7.90. The standard InChI is InChI=1S/C26H23ClFN3O5/c1-2-26(36)14-7-18-24-13(9-31(18)25(35)11(14)4-6-19(26)33)22-16(29-20(34)10-32)5-3-12-21(22)17(30-24)8-15(28)23(12)27/h7-8,16,32,36H,2-6,9-10H2,1H3,(H,29,34)/t16-,26+/m1/s1. The second kappa shape index (κ2) is 7.93. The van der Waals surface area contributed by atoms with Gasteiger partial charge in [-0.15, -0.1) is 0 Å². The van der Waals surface area contributed by atoms with E-state index in [4.69, 9.17) is 16.6 Å². The number of fused-ring (bicyclic) bond motifs is 5. The summed E-state index contributed by atoms with van der Waals surface area (Å²) in [6, 6.07) is 2.41. The maximum Gasteiger partial charge on any atom is 0.254 e. The molecule has 186 valence electrons. The number of carbonyl (C=O) groups is 2. The number of nitrogens with one attached hydrogen (secondary N) is 1. The van der Waals surface area contributed by atoms with Gasteiger partial charge in [0.25, 0.3) is 5.56 Å². The molecule has 6 rings (SSSR count). The topological polar surface area (TPSA) is 122 Å². The first-order chi connectivity index (χ1) is 17.2. The Morgan fingerprint density at radius 2 is 2.03 bits per heavy atom. The summed E-state index contributed by atoms with van der Waals surface area (Å²) in [4.78, 5) is 43.1. The molecule has 1 amide bonds. The van der Waals surface area contributed by atoms with Gasteiger partial charge >= 0.3 is 0 Å². The number of aliphatic hydroxyl groups is 2. The fourth-order valence-electron chi connectivity index (χ4n) is 6.12. The van der Waals surface area contributed by atoms with Crippen LogP contribution < -0.4 is 10.9 Å². The number of pyridine rings is 2. The second-order valence-electron chi connectivity index (χ2n) is 9.66. The highest BCUT2D eigenvalue weighted by molar-refractivity contribution is 6.32. The van der Waals surface area contributed by atoms with Crippen LogP contribution in [0, 0.1) is 5.82 Å². The third-order valence-corrected chi connectivity index (χ3v) is 8.31. The Bertz CT molecular complexity index is 1580. The van der Waals surface area contributed by atoms with Crippen LogP contribution in [0.1, 0.15) is 60.0 Å². The number of nitrogens with zero attached hydrogens (tertiary/aromatic N) is 2. The van der Waals surface area contributed by atoms with Crippen LogP contribution in [0.3, 0.4) is 0 Å². The maximum atomic E-state index is 14.7. The SMILES string of the molecule is CC[C@@]1(O)C(=O)CCc2c1cc1n(c2=O)Cc2c-1nc1cc(F)c(Cl)c3c1c2[C@H](NC(=O)CO)CC3. The Kier molecular flexibility index (Phi) is 5.13. The highest BCUT2D eigenvalue weighted by atomic mass is 35.5. The van der Waals surface area contributed by atoms with Gasteiger partial charge in [-0.3, -0.25) is 14.4 Å². The van der Waals surface area contributed by atoms with Crippen LogP contribution in [0.5, 0.6) is 0 Å². The van der Waals surface area contributed by atoms with Gasteiger partial charge in [-0.2, -0.15) is 0 Å². The van der Waals surface area contributed by atoms with E-state index in [1.54, 1.807) is 17.6 Å². The molecule has 0 radical (unpaired) electrons. The van der Waals surface area contributed by atoms with Crippen LogP contribution in [0.15, 0.2) is 16.9 Å². The number of halogens is 2. The molecule has 0 fully saturated rings. The summed E-state index contributed by atoms with van der Waals surface area (Å²) in [6.07, 6.45) is 1.30. The van der Waals surface area contributed by atoms with Crippen molar-refractivity contribution in [1.29, 1.82) is 0 Å². The van der Waals surface area contributed by atoms with Gasteiger partial charge in [-0.1, -0.05) is 18.5 Å². The van der Waals surface area contributed by atoms with Crippen molar-refractivity contribution in [2.75, 3.05) is 6.61 Å². The zero-order valence-electron chi connectivity index (χ0n) is 19.5. The van der Waals surface area contributed by atoms with Crippen molar-refractivity contribution in [1.82, 2.24) is 14.9 Å². The molecule has 0 saturated carbocycles. The van der Waals surface area contributed by atoms with E-state index in [1.807, 2.05) is 0 Å². The van der Waals surface area contributed by atoms with Crippen molar-refractivity contribution in [3.05, 3.63) is 61.1 Å². The Hall–Kier alpha value is -3.14. The number of amides is 1. The molecular formula is C26H23ClFN3O5. The van der Waals surface area contributed by atoms with E-state index in [2.05, 4.69) is 5.32 Å². The Balaban J connectivity index is 1.66. The maximum absolute atomic E-state index is 14.7. The number of carbonyl (C=O) groups excluding carboxylic acids is 2. The van der Waals surface area contributed by atoms with E-state index < -0.39 is 30.0 Å². The molecule has 3 aromatic rings. The molecular weight excluding hydrogens is 489 g/mol. The summed E-state index contributed by atoms with van der Waals surface area (Å²) in [7, 11) is 0. The van der Waals surface area contributed by atoms with E-state index in [-0.39, 0.29) is 42.2 Å². The van der Waals surface area contributed by atoms with Gasteiger partial charge in [0.15, 0.2) is 5.78 Å². The van der Waals surface area contributed by atoms with Crippen LogP contribution >= 0.6 is 11.6 Å². The van der Waals surface area contributed by atoms with Crippen LogP contribution in [0.25, 0.3) is 22.3 Å². The molecule has 2 aliphatic carbocycles. The van der Waals surface area contributed by atoms with E-state index in [1.165, 1.54) is 6.07 Å². The van der Waals surface area contributed by atoms with Gasteiger partial charge in [0.2, 0.25) is 5.91 Å². The largest absolute Gasteiger partial charge is 0.387 e. The van der Waals surface area contributed by atoms with Crippen LogP contribution in [0.2, 0.25) is 5.02 Å². The molecule has 3 N–H and O–H groups in total. The number of benzene rings is 1. The van der Waals surface area contributed by atoms with Crippen molar-refractivity contribution >= 4 is 34.2 Å². The molecule has 0 saturated heterocycles. The number of hydrogen-bond acceptors (Lipinski definition) is 6. The normalized spacial score (nSPS) is 21.8. The molecule has 0 spiro atoms. The Morgan fingerprint density at radius 1 is 1.25 bits per heavy atom. The minimum atomic E-state index is -1.75. The smallest absolute Gasteiger partial charge is 0.254 e. The molecule has 0 bridgehead atoms. The van der Waals surface area contributed by atoms with Gasteiger partial charge in [0, 0.05) is 34.6 Å². The third kappa shape index (κ3) is 2.99. The first-order valence-electron chi connectivity index (χ1n) is 12.0. The molecule has 10 heteroatoms. The minimum Gasteiger partial charge on any atom is -0.387 e. The van der Waals surface area contributed by atoms with Crippen LogP contribution in [-0.4, -0.2) is 38.1 Å². The lowest BCUT2D eigenvalue weighted by molar-refractivity contribution is -0.140. The zero-order valence-corrected chi connectivity index (χ0v) is 20.2. The molecule has 2 aromatic heterocycles. The molecule has 3 heterocycles. The van der Waals surface area contributed by atoms with Gasteiger partial charge in [-0.05, 0) is 42.9 Å². The monoisotopic (exact) mass is 511 g/mol. The summed E-state index contributed by atoms with van der Waals surface area (Å²) < 4.78 is 16.3. The van der Waals surface area contributed by atoms with Crippen molar-refractivity contribution in [3.63, 3.8) is 0 Å². The average molecular weight is 512 g/mol. The lowest BCUT2D eigenvalue weighted by Gasteiger charge is -2.32. The predicted octanol–water partition coefficient (Wildman–Crippen LogP) is 2.43. The number of aliphatic hydroxyl groups excluding tert-OH is 1. The summed E-state index contributed by atoms with van der Waals surface area (Å²) in [5.41, 5.74) is 1.86. The number of ketones is 1. The van der Waals surface area contributed by atoms with Crippen LogP contribution in [0.4, 0.5) is 4.39 Å². The fourth-order valence-corrected chi connectivity index (χ4v) is 6.37. The number of rotatable bonds is 3. The Morgan fingerprint density at radius 3 is 2.75 bits per heavy atom. The van der Waals surface area contributed by atoms with Crippen molar-refractivity contribution in [3.8, 4) is 11.4 Å². The minimum absolute atomic E-state index is 0.00657. The molecule has 3 aliphatic rings. The molecule has 1 aliphatic heterocycles. The second-order valence-corrected chi connectivity index (χ2v) is 10.0. The van der Waals surface area contributed by atoms with E-state index in [0.717, 1.165) is 0 Å². The summed E-state index contributed by atoms with van der Waals surface area (Å²) >= 11 is 6.33. The molecule has 36 heavy (non-hydrogen) atoms. The highest BCUT2D eigenvalue weighted by Gasteiger charge is 2.44. The van der Waals surface area contributed by atoms with Crippen molar-refractivity contribution in [2.24, 2.45) is 0 Å². The van der Waals surface area contributed by atoms with Gasteiger partial charge < -0.3 is 20.1 Å². The Labute approximate surface area is 209 Å². The lowest BCUT2D eigenvalue weighted by atomic mass is 9.77. The van der Waals surface area contributed by atoms with Crippen LogP contribution in [-0.2, 0) is 34.6 Å². The average Bonchev–Trinajstić information content (AvgIpc) is 3.24. The number of aromatic nitrogens is 2. The molecule has 1 aromatic carbocycles. The van der Waals surface area contributed by atoms with Gasteiger partial charge in [0.05, 0.1) is 34.5 Å². The first kappa shape index (κ1) is 23.3. The van der Waals surface area contributed by atoms with Crippen molar-refractivity contribution in [2.45, 2.75) is 57.2 Å². The van der Waals surface area contributed by atoms with E-state index in [9.17, 15) is 29.0 Å². The fraction of sp³-hybridized carbons (Fsp3) is 0.385. The van der Waals surface area contributed by atoms with E-state index >= 15 is 0 Å². The lowest BCUT2D eigenvalue weighted by Crippen LogP contribution is -2.43. The quantitative estimate of drug-likeness (QED) is 0.388. The summed E-state index contributed by atoms with van der Waals surface area (Å²) in [5, 5.41) is 24.0. The summed E-state index contributed by atoms with van der Waals surface area (Å²) in [6.45, 7) is 1.19. The molecule has 2 atom stereocenters. The summed E-state index contributed by atoms with van der Waals surface area (Å²) in [5.74, 6) is -1.48. The number of aryl methyl sites for hydroxylation is 1. The molecule has 8 nitrogen and oxygen atoms in total. The van der Waals surface area contributed by atoms with Gasteiger partial charge in [0.1, 0.15) is 18.0 Å². The van der Waals surface area contributed by atoms with E-state index in [0.29, 0.717) is 62.9 Å². The van der Waals surface area contributed by atoms with Gasteiger partial charge in [-0.25, -0.2) is 9.37 Å². The highest BCUT2D eigenvalue weighted by Crippen LogP contribution is 2.46. The molecule has 0 unspecified atom stereocenters. The zero-order chi connectivity index (χ0) is 25.5. The van der Waals surface area contributed by atoms with Crippen molar-refractivity contribution < 1.29 is 24.2 Å². The first-order valence-corrected chi connectivity index (χ1v) is 12.3. The number of Topliss-reactive ketones (excluding diaryl/α,β-unsaturated/α-hetero) is 1. The predicted molar refractivity (Wildman–Crippen MR) is 129 cm³/mol.